The van der Waals surface area contributed by atoms with E-state index in [1.807, 2.05) is 20.8 Å². The highest BCUT2D eigenvalue weighted by atomic mass is 16.5. The highest BCUT2D eigenvalue weighted by Crippen LogP contribution is 2.18. The average Bonchev–Trinajstić information content (AvgIpc) is 2.55. The molecule has 1 aliphatic rings. The molecule has 0 saturated carbocycles. The largest absolute Gasteiger partial charge is 0.466 e. The molecule has 0 aromatic heterocycles. The van der Waals surface area contributed by atoms with E-state index >= 15 is 0 Å². The van der Waals surface area contributed by atoms with Crippen molar-refractivity contribution in [3.8, 4) is 0 Å². The summed E-state index contributed by atoms with van der Waals surface area (Å²) in [6, 6.07) is 0. The Bertz CT molecular complexity index is 416. The number of amides is 1. The summed E-state index contributed by atoms with van der Waals surface area (Å²) in [5.74, 6) is 0.764. The first-order valence-electron chi connectivity index (χ1n) is 8.39. The van der Waals surface area contributed by atoms with Crippen LogP contribution in [0.1, 0.15) is 33.6 Å². The lowest BCUT2D eigenvalue weighted by atomic mass is 9.97. The number of carbonyl (C=O) groups excluding carboxylic acids is 2. The van der Waals surface area contributed by atoms with Crippen molar-refractivity contribution >= 4 is 17.8 Å². The van der Waals surface area contributed by atoms with Gasteiger partial charge in [0.2, 0.25) is 5.91 Å². The third-order valence-electron chi connectivity index (χ3n) is 3.86. The molecule has 0 atom stereocenters. The molecule has 7 heteroatoms. The van der Waals surface area contributed by atoms with E-state index in [9.17, 15) is 9.59 Å². The first-order chi connectivity index (χ1) is 11.0. The van der Waals surface area contributed by atoms with E-state index in [0.717, 1.165) is 31.9 Å². The van der Waals surface area contributed by atoms with E-state index in [1.54, 1.807) is 7.05 Å². The smallest absolute Gasteiger partial charge is 0.309 e. The summed E-state index contributed by atoms with van der Waals surface area (Å²) in [5.41, 5.74) is 0. The second-order valence-corrected chi connectivity index (χ2v) is 5.93. The molecule has 0 aromatic carbocycles. The maximum atomic E-state index is 11.7. The van der Waals surface area contributed by atoms with Crippen molar-refractivity contribution < 1.29 is 14.3 Å². The number of rotatable bonds is 6. The maximum absolute atomic E-state index is 11.7. The van der Waals surface area contributed by atoms with Crippen LogP contribution in [0.5, 0.6) is 0 Å². The molecule has 0 aromatic rings. The molecular formula is C16H30N4O3. The number of hydrogen-bond acceptors (Lipinski definition) is 4. The molecule has 1 aliphatic heterocycles. The van der Waals surface area contributed by atoms with Crippen LogP contribution in [0.25, 0.3) is 0 Å². The Morgan fingerprint density at radius 3 is 2.35 bits per heavy atom. The van der Waals surface area contributed by atoms with E-state index in [2.05, 4.69) is 20.5 Å². The highest BCUT2D eigenvalue weighted by Gasteiger charge is 2.27. The predicted octanol–water partition coefficient (Wildman–Crippen LogP) is 0.609. The van der Waals surface area contributed by atoms with Gasteiger partial charge in [-0.3, -0.25) is 14.6 Å². The molecule has 1 rings (SSSR count). The number of guanidine groups is 1. The van der Waals surface area contributed by atoms with Crippen molar-refractivity contribution in [1.29, 1.82) is 0 Å². The minimum Gasteiger partial charge on any atom is -0.466 e. The second kappa shape index (κ2) is 10.1. The van der Waals surface area contributed by atoms with E-state index < -0.39 is 0 Å². The molecule has 2 N–H and O–H groups in total. The number of nitrogens with one attached hydrogen (secondary N) is 2. The van der Waals surface area contributed by atoms with Gasteiger partial charge in [-0.15, -0.1) is 0 Å². The molecular weight excluding hydrogens is 296 g/mol. The second-order valence-electron chi connectivity index (χ2n) is 5.93. The third-order valence-corrected chi connectivity index (χ3v) is 3.86. The number of likely N-dealkylation sites (tertiary alicyclic amines) is 1. The molecule has 0 bridgehead atoms. The van der Waals surface area contributed by atoms with Crippen molar-refractivity contribution in [2.24, 2.45) is 16.8 Å². The minimum atomic E-state index is -0.0912. The van der Waals surface area contributed by atoms with Crippen LogP contribution in [-0.4, -0.2) is 62.6 Å². The van der Waals surface area contributed by atoms with E-state index in [0.29, 0.717) is 19.7 Å². The zero-order valence-electron chi connectivity index (χ0n) is 14.7. The average molecular weight is 326 g/mol. The summed E-state index contributed by atoms with van der Waals surface area (Å²) < 4.78 is 5.08. The molecule has 1 heterocycles. The quantitative estimate of drug-likeness (QED) is 0.323. The lowest BCUT2D eigenvalue weighted by Gasteiger charge is -2.33. The molecule has 0 aliphatic carbocycles. The molecule has 1 fully saturated rings. The van der Waals surface area contributed by atoms with Crippen LogP contribution >= 0.6 is 0 Å². The van der Waals surface area contributed by atoms with Gasteiger partial charge in [-0.05, 0) is 19.8 Å². The van der Waals surface area contributed by atoms with Gasteiger partial charge in [0.15, 0.2) is 5.96 Å². The van der Waals surface area contributed by atoms with Gasteiger partial charge >= 0.3 is 5.97 Å². The fraction of sp³-hybridized carbons (Fsp3) is 0.812. The van der Waals surface area contributed by atoms with Gasteiger partial charge in [0.1, 0.15) is 0 Å². The van der Waals surface area contributed by atoms with Gasteiger partial charge in [-0.1, -0.05) is 13.8 Å². The van der Waals surface area contributed by atoms with Gasteiger partial charge in [0, 0.05) is 39.1 Å². The standard InChI is InChI=1S/C16H30N4O3/c1-5-23-15(22)13-6-10-20(11-7-13)16(17-4)19-9-8-18-14(21)12(2)3/h12-13H,5-11H2,1-4H3,(H,17,19)(H,18,21). The monoisotopic (exact) mass is 326 g/mol. The number of ether oxygens (including phenoxy) is 1. The van der Waals surface area contributed by atoms with Gasteiger partial charge in [0.25, 0.3) is 0 Å². The van der Waals surface area contributed by atoms with Gasteiger partial charge < -0.3 is 20.3 Å². The Kier molecular flexibility index (Phi) is 8.43. The Morgan fingerprint density at radius 2 is 1.83 bits per heavy atom. The van der Waals surface area contributed by atoms with Gasteiger partial charge in [0.05, 0.1) is 12.5 Å². The predicted molar refractivity (Wildman–Crippen MR) is 90.1 cm³/mol. The van der Waals surface area contributed by atoms with Crippen LogP contribution < -0.4 is 10.6 Å². The number of carbonyl (C=O) groups is 2. The summed E-state index contributed by atoms with van der Waals surface area (Å²) in [7, 11) is 1.74. The van der Waals surface area contributed by atoms with Crippen LogP contribution in [0.2, 0.25) is 0 Å². The normalized spacial score (nSPS) is 16.4. The lowest BCUT2D eigenvalue weighted by Crippen LogP contribution is -2.48. The molecule has 1 saturated heterocycles. The number of esters is 1. The number of hydrogen-bond donors (Lipinski definition) is 2. The lowest BCUT2D eigenvalue weighted by molar-refractivity contribution is -0.149. The number of aliphatic imine (C=N–C) groups is 1. The van der Waals surface area contributed by atoms with E-state index in [1.165, 1.54) is 0 Å². The number of piperidine rings is 1. The first kappa shape index (κ1) is 19.3. The fourth-order valence-electron chi connectivity index (χ4n) is 2.48. The van der Waals surface area contributed by atoms with Crippen LogP contribution in [-0.2, 0) is 14.3 Å². The van der Waals surface area contributed by atoms with Crippen LogP contribution in [0.15, 0.2) is 4.99 Å². The van der Waals surface area contributed by atoms with Crippen LogP contribution in [0.4, 0.5) is 0 Å². The highest BCUT2D eigenvalue weighted by molar-refractivity contribution is 5.81. The van der Waals surface area contributed by atoms with Crippen molar-refractivity contribution in [3.05, 3.63) is 0 Å². The third kappa shape index (κ3) is 6.46. The van der Waals surface area contributed by atoms with E-state index in [4.69, 9.17) is 4.74 Å². The molecule has 0 radical (unpaired) electrons. The van der Waals surface area contributed by atoms with Crippen LogP contribution in [0.3, 0.4) is 0 Å². The van der Waals surface area contributed by atoms with Crippen molar-refractivity contribution in [2.75, 3.05) is 39.8 Å². The Hall–Kier alpha value is -1.79. The topological polar surface area (TPSA) is 83.0 Å². The van der Waals surface area contributed by atoms with Crippen LogP contribution in [0, 0.1) is 11.8 Å². The Labute approximate surface area is 138 Å². The fourth-order valence-corrected chi connectivity index (χ4v) is 2.48. The molecule has 23 heavy (non-hydrogen) atoms. The molecule has 132 valence electrons. The molecule has 0 spiro atoms. The van der Waals surface area contributed by atoms with Crippen molar-refractivity contribution in [1.82, 2.24) is 15.5 Å². The molecule has 7 nitrogen and oxygen atoms in total. The summed E-state index contributed by atoms with van der Waals surface area (Å²) in [5, 5.41) is 6.11. The Morgan fingerprint density at radius 1 is 1.22 bits per heavy atom. The summed E-state index contributed by atoms with van der Waals surface area (Å²) in [6.45, 7) is 8.76. The maximum Gasteiger partial charge on any atom is 0.309 e. The summed E-state index contributed by atoms with van der Waals surface area (Å²) in [4.78, 5) is 29.6. The van der Waals surface area contributed by atoms with Crippen molar-refractivity contribution in [3.63, 3.8) is 0 Å². The Balaban J connectivity index is 2.31. The van der Waals surface area contributed by atoms with Crippen molar-refractivity contribution in [2.45, 2.75) is 33.6 Å². The van der Waals surface area contributed by atoms with E-state index in [-0.39, 0.29) is 23.7 Å². The summed E-state index contributed by atoms with van der Waals surface area (Å²) >= 11 is 0. The number of nitrogens with zero attached hydrogens (tertiary/aromatic N) is 2. The molecule has 1 amide bonds. The minimum absolute atomic E-state index is 0.00350. The zero-order valence-corrected chi connectivity index (χ0v) is 14.7. The van der Waals surface area contributed by atoms with Gasteiger partial charge in [-0.25, -0.2) is 0 Å². The zero-order chi connectivity index (χ0) is 17.2. The SMILES string of the molecule is CCOC(=O)C1CCN(C(=NC)NCCNC(=O)C(C)C)CC1. The first-order valence-corrected chi connectivity index (χ1v) is 8.39. The summed E-state index contributed by atoms with van der Waals surface area (Å²) in [6.07, 6.45) is 1.56. The van der Waals surface area contributed by atoms with Gasteiger partial charge in [-0.2, -0.15) is 0 Å². The molecule has 0 unspecified atom stereocenters.